The molecule has 1 N–H and O–H groups in total. The quantitative estimate of drug-likeness (QED) is 0.529. The van der Waals surface area contributed by atoms with Crippen molar-refractivity contribution in [3.8, 4) is 0 Å². The fourth-order valence-corrected chi connectivity index (χ4v) is 0.907. The van der Waals surface area contributed by atoms with Crippen molar-refractivity contribution in [1.82, 2.24) is 5.32 Å². The van der Waals surface area contributed by atoms with Crippen LogP contribution in [0.3, 0.4) is 0 Å². The molecule has 3 nitrogen and oxygen atoms in total. The summed E-state index contributed by atoms with van der Waals surface area (Å²) < 4.78 is 9.85. The van der Waals surface area contributed by atoms with Gasteiger partial charge in [-0.25, -0.2) is 0 Å². The zero-order chi connectivity index (χ0) is 6.69. The number of hydrogen-bond acceptors (Lipinski definition) is 3. The van der Waals surface area contributed by atoms with Crippen LogP contribution in [-0.2, 0) is 9.47 Å². The third kappa shape index (κ3) is 1.93. The highest BCUT2D eigenvalue weighted by molar-refractivity contribution is 4.97. The molecule has 2 atom stereocenters. The predicted octanol–water partition coefficient (Wildman–Crippen LogP) is -0.380. The molecule has 1 saturated heterocycles. The Kier molecular flexibility index (Phi) is 2.45. The third-order valence-corrected chi connectivity index (χ3v) is 1.50. The lowest BCUT2D eigenvalue weighted by molar-refractivity contribution is 0.179. The number of nitrogens with one attached hydrogen (secondary N) is 1. The average molecular weight is 131 g/mol. The van der Waals surface area contributed by atoms with Crippen LogP contribution in [0.2, 0.25) is 0 Å². The lowest BCUT2D eigenvalue weighted by atomic mass is 10.3. The van der Waals surface area contributed by atoms with Crippen molar-refractivity contribution >= 4 is 0 Å². The molecule has 2 unspecified atom stereocenters. The Balaban J connectivity index is 1.96. The van der Waals surface area contributed by atoms with Crippen LogP contribution in [0.1, 0.15) is 0 Å². The first-order valence-electron chi connectivity index (χ1n) is 3.12. The second kappa shape index (κ2) is 3.15. The van der Waals surface area contributed by atoms with Gasteiger partial charge in [0.2, 0.25) is 0 Å². The van der Waals surface area contributed by atoms with Crippen LogP contribution in [0.5, 0.6) is 0 Å². The van der Waals surface area contributed by atoms with E-state index in [0.29, 0.717) is 12.1 Å². The van der Waals surface area contributed by atoms with E-state index in [-0.39, 0.29) is 0 Å². The smallest absolute Gasteiger partial charge is 0.0632 e. The van der Waals surface area contributed by atoms with Gasteiger partial charge in [-0.15, -0.1) is 0 Å². The molecule has 1 fully saturated rings. The summed E-state index contributed by atoms with van der Waals surface area (Å²) in [6.45, 7) is 1.60. The normalized spacial score (nSPS) is 32.7. The molecule has 0 amide bonds. The maximum Gasteiger partial charge on any atom is 0.0632 e. The van der Waals surface area contributed by atoms with E-state index in [2.05, 4.69) is 5.32 Å². The fraction of sp³-hybridized carbons (Fsp3) is 1.00. The molecular formula is C6H13NO2. The first kappa shape index (κ1) is 6.99. The molecular weight excluding hydrogens is 118 g/mol. The van der Waals surface area contributed by atoms with E-state index in [4.69, 9.17) is 9.47 Å². The summed E-state index contributed by atoms with van der Waals surface area (Å²) in [5.41, 5.74) is 0. The van der Waals surface area contributed by atoms with Crippen molar-refractivity contribution < 1.29 is 9.47 Å². The molecule has 0 aromatic heterocycles. The number of hydrogen-bond donors (Lipinski definition) is 1. The van der Waals surface area contributed by atoms with Crippen molar-refractivity contribution in [2.45, 2.75) is 12.1 Å². The standard InChI is InChI=1S/C6H13NO2/c1-8-3-5-6(7-5)4-9-2/h5-7H,3-4H2,1-2H3. The highest BCUT2D eigenvalue weighted by Gasteiger charge is 2.35. The Morgan fingerprint density at radius 2 is 1.56 bits per heavy atom. The molecule has 9 heavy (non-hydrogen) atoms. The SMILES string of the molecule is COCC1NC1COC. The van der Waals surface area contributed by atoms with Gasteiger partial charge in [0, 0.05) is 26.3 Å². The molecule has 1 aliphatic rings. The van der Waals surface area contributed by atoms with Gasteiger partial charge in [-0.1, -0.05) is 0 Å². The number of ether oxygens (including phenoxy) is 2. The summed E-state index contributed by atoms with van der Waals surface area (Å²) in [5, 5.41) is 3.22. The molecule has 0 spiro atoms. The average Bonchev–Trinajstić information content (AvgIpc) is 2.50. The molecule has 0 aromatic rings. The first-order valence-corrected chi connectivity index (χ1v) is 3.12. The Labute approximate surface area is 55.3 Å². The lowest BCUT2D eigenvalue weighted by Crippen LogP contribution is -2.06. The molecule has 3 heteroatoms. The zero-order valence-electron chi connectivity index (χ0n) is 5.89. The van der Waals surface area contributed by atoms with E-state index in [1.807, 2.05) is 0 Å². The lowest BCUT2D eigenvalue weighted by Gasteiger charge is -1.93. The molecule has 1 aliphatic heterocycles. The van der Waals surface area contributed by atoms with Gasteiger partial charge in [-0.05, 0) is 0 Å². The molecule has 0 aromatic carbocycles. The summed E-state index contributed by atoms with van der Waals surface area (Å²) in [6, 6.07) is 1.07. The molecule has 54 valence electrons. The summed E-state index contributed by atoms with van der Waals surface area (Å²) in [7, 11) is 3.42. The maximum absolute atomic E-state index is 4.92. The van der Waals surface area contributed by atoms with E-state index in [9.17, 15) is 0 Å². The van der Waals surface area contributed by atoms with Gasteiger partial charge in [0.15, 0.2) is 0 Å². The highest BCUT2D eigenvalue weighted by atomic mass is 16.5. The van der Waals surface area contributed by atoms with Gasteiger partial charge in [-0.3, -0.25) is 0 Å². The second-order valence-electron chi connectivity index (χ2n) is 2.29. The van der Waals surface area contributed by atoms with E-state index in [1.165, 1.54) is 0 Å². The van der Waals surface area contributed by atoms with Crippen LogP contribution in [0.15, 0.2) is 0 Å². The van der Waals surface area contributed by atoms with Crippen LogP contribution in [0, 0.1) is 0 Å². The Hall–Kier alpha value is -0.120. The molecule has 0 bridgehead atoms. The van der Waals surface area contributed by atoms with Crippen LogP contribution in [0.25, 0.3) is 0 Å². The van der Waals surface area contributed by atoms with Crippen molar-refractivity contribution in [2.75, 3.05) is 27.4 Å². The van der Waals surface area contributed by atoms with E-state index in [0.717, 1.165) is 13.2 Å². The molecule has 1 heterocycles. The predicted molar refractivity (Wildman–Crippen MR) is 34.5 cm³/mol. The van der Waals surface area contributed by atoms with Gasteiger partial charge in [0.1, 0.15) is 0 Å². The molecule has 0 radical (unpaired) electrons. The minimum atomic E-state index is 0.537. The van der Waals surface area contributed by atoms with Gasteiger partial charge in [0.25, 0.3) is 0 Å². The van der Waals surface area contributed by atoms with Crippen LogP contribution in [0.4, 0.5) is 0 Å². The monoisotopic (exact) mass is 131 g/mol. The summed E-state index contributed by atoms with van der Waals surface area (Å²) in [4.78, 5) is 0. The minimum absolute atomic E-state index is 0.537. The van der Waals surface area contributed by atoms with Crippen molar-refractivity contribution in [1.29, 1.82) is 0 Å². The van der Waals surface area contributed by atoms with Gasteiger partial charge >= 0.3 is 0 Å². The zero-order valence-corrected chi connectivity index (χ0v) is 5.89. The van der Waals surface area contributed by atoms with Gasteiger partial charge in [0.05, 0.1) is 13.2 Å². The summed E-state index contributed by atoms with van der Waals surface area (Å²) >= 11 is 0. The second-order valence-corrected chi connectivity index (χ2v) is 2.29. The van der Waals surface area contributed by atoms with Crippen molar-refractivity contribution in [2.24, 2.45) is 0 Å². The largest absolute Gasteiger partial charge is 0.383 e. The Morgan fingerprint density at radius 3 is 1.89 bits per heavy atom. The number of rotatable bonds is 4. The van der Waals surface area contributed by atoms with Crippen LogP contribution < -0.4 is 5.32 Å². The Bertz CT molecular complexity index is 77.1. The van der Waals surface area contributed by atoms with Crippen molar-refractivity contribution in [3.63, 3.8) is 0 Å². The first-order chi connectivity index (χ1) is 4.38. The van der Waals surface area contributed by atoms with E-state index >= 15 is 0 Å². The van der Waals surface area contributed by atoms with E-state index in [1.54, 1.807) is 14.2 Å². The molecule has 0 saturated carbocycles. The Morgan fingerprint density at radius 1 is 1.11 bits per heavy atom. The topological polar surface area (TPSA) is 40.4 Å². The molecule has 1 rings (SSSR count). The minimum Gasteiger partial charge on any atom is -0.383 e. The van der Waals surface area contributed by atoms with Crippen LogP contribution in [-0.4, -0.2) is 39.5 Å². The summed E-state index contributed by atoms with van der Waals surface area (Å²) in [5.74, 6) is 0. The fourth-order valence-electron chi connectivity index (χ4n) is 0.907. The van der Waals surface area contributed by atoms with Gasteiger partial charge in [-0.2, -0.15) is 0 Å². The highest BCUT2D eigenvalue weighted by Crippen LogP contribution is 2.10. The maximum atomic E-state index is 4.92. The van der Waals surface area contributed by atoms with Crippen molar-refractivity contribution in [3.05, 3.63) is 0 Å². The third-order valence-electron chi connectivity index (χ3n) is 1.50. The van der Waals surface area contributed by atoms with E-state index < -0.39 is 0 Å². The van der Waals surface area contributed by atoms with Gasteiger partial charge < -0.3 is 14.8 Å². The van der Waals surface area contributed by atoms with Crippen LogP contribution >= 0.6 is 0 Å². The summed E-state index contributed by atoms with van der Waals surface area (Å²) in [6.07, 6.45) is 0. The number of methoxy groups -OCH3 is 2. The molecule has 0 aliphatic carbocycles.